The van der Waals surface area contributed by atoms with Gasteiger partial charge in [0, 0.05) is 75.7 Å². The van der Waals surface area contributed by atoms with Crippen molar-refractivity contribution in [3.05, 3.63) is 264 Å². The molecule has 16 rings (SSSR count). The molecule has 4 aromatic carbocycles. The van der Waals surface area contributed by atoms with Gasteiger partial charge < -0.3 is 0 Å². The van der Waals surface area contributed by atoms with Gasteiger partial charge >= 0.3 is 0 Å². The van der Waals surface area contributed by atoms with Gasteiger partial charge in [0.2, 0.25) is 0 Å². The third-order valence-electron chi connectivity index (χ3n) is 18.8. The topological polar surface area (TPSA) is 110 Å². The van der Waals surface area contributed by atoms with Crippen LogP contribution in [0.25, 0.3) is 78.5 Å². The van der Waals surface area contributed by atoms with E-state index in [4.69, 9.17) is 34.9 Å². The fourth-order valence-electron chi connectivity index (χ4n) is 14.0. The number of fused-ring (bicyclic) bond motifs is 8. The molecule has 4 aliphatic rings. The SMILES string of the molecule is CC1(C)c2cccnc2N2c3cccnc3C(C)(C)c3cc(-c4cc(-c5ccccc5)cc(-c5ccc(-c6ccc(-c7cnc8c(c7)C(C)(C)c7cc(-c9ccccn9)nc9c7N8c7ccc(-c8ccccn8)nc7C9(C)C)nc6)cc5)c4)cc1c32. The quantitative estimate of drug-likeness (QED) is 0.153. The van der Waals surface area contributed by atoms with Crippen LogP contribution in [0.5, 0.6) is 0 Å². The third kappa shape index (κ3) is 7.64. The molecule has 0 N–H and O–H groups in total. The summed E-state index contributed by atoms with van der Waals surface area (Å²) in [7, 11) is 0. The Morgan fingerprint density at radius 1 is 0.267 bits per heavy atom. The van der Waals surface area contributed by atoms with Crippen molar-refractivity contribution < 1.29 is 0 Å². The lowest BCUT2D eigenvalue weighted by Crippen LogP contribution is -2.40. The van der Waals surface area contributed by atoms with Crippen molar-refractivity contribution in [1.29, 1.82) is 0 Å². The van der Waals surface area contributed by atoms with Crippen molar-refractivity contribution in [2.45, 2.75) is 77.0 Å². The zero-order chi connectivity index (χ0) is 58.4. The summed E-state index contributed by atoms with van der Waals surface area (Å²) in [6.45, 7) is 18.4. The average Bonchev–Trinajstić information content (AvgIpc) is 0.707. The summed E-state index contributed by atoms with van der Waals surface area (Å²) in [4.78, 5) is 45.6. The number of hydrogen-bond acceptors (Lipinski definition) is 10. The summed E-state index contributed by atoms with van der Waals surface area (Å²) in [6.07, 6.45) is 11.4. The monoisotopic (exact) mass is 1110 g/mol. The molecule has 12 heterocycles. The van der Waals surface area contributed by atoms with Crippen molar-refractivity contribution in [3.8, 4) is 78.5 Å². The van der Waals surface area contributed by atoms with Crippen molar-refractivity contribution in [2.75, 3.05) is 9.80 Å². The predicted octanol–water partition coefficient (Wildman–Crippen LogP) is 18.0. The Morgan fingerprint density at radius 3 is 1.48 bits per heavy atom. The van der Waals surface area contributed by atoms with E-state index in [1.165, 1.54) is 33.5 Å². The van der Waals surface area contributed by atoms with Gasteiger partial charge in [-0.2, -0.15) is 0 Å². The molecule has 0 atom stereocenters. The molecule has 0 saturated carbocycles. The van der Waals surface area contributed by atoms with E-state index in [9.17, 15) is 0 Å². The number of nitrogens with zero attached hydrogens (tertiary/aromatic N) is 10. The molecule has 0 spiro atoms. The van der Waals surface area contributed by atoms with Gasteiger partial charge in [0.25, 0.3) is 0 Å². The number of rotatable bonds is 7. The second-order valence-corrected chi connectivity index (χ2v) is 25.4. The van der Waals surface area contributed by atoms with E-state index < -0.39 is 10.8 Å². The predicted molar refractivity (Wildman–Crippen MR) is 345 cm³/mol. The van der Waals surface area contributed by atoms with E-state index in [1.807, 2.05) is 79.6 Å². The summed E-state index contributed by atoms with van der Waals surface area (Å²) >= 11 is 0. The first-order chi connectivity index (χ1) is 41.6. The molecule has 10 nitrogen and oxygen atoms in total. The third-order valence-corrected chi connectivity index (χ3v) is 18.8. The van der Waals surface area contributed by atoms with Crippen LogP contribution in [0.15, 0.2) is 219 Å². The van der Waals surface area contributed by atoms with Crippen LogP contribution in [-0.4, -0.2) is 39.9 Å². The second-order valence-electron chi connectivity index (χ2n) is 25.4. The Kier molecular flexibility index (Phi) is 11.1. The van der Waals surface area contributed by atoms with Crippen molar-refractivity contribution in [3.63, 3.8) is 0 Å². The van der Waals surface area contributed by atoms with Gasteiger partial charge in [-0.25, -0.2) is 19.9 Å². The van der Waals surface area contributed by atoms with Gasteiger partial charge in [0.05, 0.1) is 73.7 Å². The van der Waals surface area contributed by atoms with Crippen LogP contribution in [0, 0.1) is 0 Å². The number of benzene rings is 4. The molecule has 414 valence electrons. The van der Waals surface area contributed by atoms with Crippen molar-refractivity contribution >= 4 is 34.4 Å². The van der Waals surface area contributed by atoms with Gasteiger partial charge in [-0.3, -0.25) is 29.7 Å². The first kappa shape index (κ1) is 51.3. The summed E-state index contributed by atoms with van der Waals surface area (Å²) in [5, 5.41) is 0. The van der Waals surface area contributed by atoms with Gasteiger partial charge in [0.15, 0.2) is 0 Å². The largest absolute Gasteiger partial charge is 0.292 e. The van der Waals surface area contributed by atoms with Crippen LogP contribution < -0.4 is 9.80 Å². The molecule has 0 aliphatic carbocycles. The fraction of sp³-hybridized carbons (Fsp3) is 0.158. The van der Waals surface area contributed by atoms with Crippen LogP contribution in [0.4, 0.5) is 34.4 Å². The highest BCUT2D eigenvalue weighted by Crippen LogP contribution is 2.62. The van der Waals surface area contributed by atoms with Gasteiger partial charge in [0.1, 0.15) is 11.6 Å². The standard InChI is InChI=1S/C76H60N10/c1-73(2)54-20-16-35-80-71(54)85-64-23-17-34-79-68(64)75(5,6)56-40-52(39-55(73)66(56)85)51-37-49(45-18-10-9-11-19-45)36-50(38-51)47-26-24-46(25-27-47)48-28-29-59(81-43-48)53-41-58-72(82-44-53)86-65-31-30-62(60-21-12-14-32-77-60)83-69(65)76(7,8)70-67(86)57(74(58,3)4)42-63(84-70)61-22-13-15-33-78-61/h9-44H,1-8H3. The van der Waals surface area contributed by atoms with E-state index in [2.05, 4.69) is 210 Å². The summed E-state index contributed by atoms with van der Waals surface area (Å²) in [5.74, 6) is 1.82. The lowest BCUT2D eigenvalue weighted by atomic mass is 9.67. The van der Waals surface area contributed by atoms with Gasteiger partial charge in [-0.1, -0.05) is 107 Å². The van der Waals surface area contributed by atoms with Crippen LogP contribution >= 0.6 is 0 Å². The Hall–Kier alpha value is -10.3. The number of aromatic nitrogens is 8. The minimum absolute atomic E-state index is 0.321. The minimum atomic E-state index is -0.570. The summed E-state index contributed by atoms with van der Waals surface area (Å²) < 4.78 is 0. The van der Waals surface area contributed by atoms with Crippen LogP contribution in [0.1, 0.15) is 100 Å². The Morgan fingerprint density at radius 2 is 0.779 bits per heavy atom. The van der Waals surface area contributed by atoms with E-state index in [1.54, 1.807) is 0 Å². The van der Waals surface area contributed by atoms with Gasteiger partial charge in [-0.05, 0) is 186 Å². The van der Waals surface area contributed by atoms with E-state index in [0.717, 1.165) is 124 Å². The summed E-state index contributed by atoms with van der Waals surface area (Å²) in [6, 6.07) is 65.0. The van der Waals surface area contributed by atoms with E-state index in [0.29, 0.717) is 0 Å². The molecule has 0 radical (unpaired) electrons. The second kappa shape index (κ2) is 18.6. The van der Waals surface area contributed by atoms with E-state index >= 15 is 0 Å². The molecule has 0 fully saturated rings. The molecule has 86 heavy (non-hydrogen) atoms. The number of hydrogen-bond donors (Lipinski definition) is 0. The lowest BCUT2D eigenvalue weighted by molar-refractivity contribution is 0.565. The average molecular weight is 1110 g/mol. The molecule has 12 aromatic rings. The molecule has 4 aliphatic heterocycles. The number of anilines is 6. The fourth-order valence-corrected chi connectivity index (χ4v) is 14.0. The van der Waals surface area contributed by atoms with Crippen LogP contribution in [-0.2, 0) is 21.7 Å². The van der Waals surface area contributed by atoms with Crippen LogP contribution in [0.2, 0.25) is 0 Å². The van der Waals surface area contributed by atoms with Crippen LogP contribution in [0.3, 0.4) is 0 Å². The first-order valence-corrected chi connectivity index (χ1v) is 29.5. The molecule has 0 amide bonds. The molecular weight excluding hydrogens is 1050 g/mol. The normalized spacial score (nSPS) is 15.5. The Bertz CT molecular complexity index is 4670. The van der Waals surface area contributed by atoms with Gasteiger partial charge in [-0.15, -0.1) is 0 Å². The molecule has 0 bridgehead atoms. The Balaban J connectivity index is 0.755. The molecule has 0 unspecified atom stereocenters. The maximum Gasteiger partial charge on any atom is 0.141 e. The zero-order valence-corrected chi connectivity index (χ0v) is 49.3. The lowest BCUT2D eigenvalue weighted by Gasteiger charge is -2.48. The maximum atomic E-state index is 5.45. The maximum absolute atomic E-state index is 5.45. The highest BCUT2D eigenvalue weighted by molar-refractivity contribution is 5.95. The summed E-state index contributed by atoms with van der Waals surface area (Å²) in [5.41, 5.74) is 25.5. The van der Waals surface area contributed by atoms with E-state index in [-0.39, 0.29) is 10.8 Å². The Labute approximate surface area is 501 Å². The molecule has 10 heteroatoms. The number of pyridine rings is 8. The van der Waals surface area contributed by atoms with Crippen molar-refractivity contribution in [2.24, 2.45) is 0 Å². The molecular formula is C76H60N10. The van der Waals surface area contributed by atoms with Crippen molar-refractivity contribution in [1.82, 2.24) is 39.9 Å². The molecule has 0 saturated heterocycles. The smallest absolute Gasteiger partial charge is 0.141 e. The molecule has 8 aromatic heterocycles. The highest BCUT2D eigenvalue weighted by Gasteiger charge is 2.50. The highest BCUT2D eigenvalue weighted by atomic mass is 15.2. The first-order valence-electron chi connectivity index (χ1n) is 29.5. The zero-order valence-electron chi connectivity index (χ0n) is 49.3. The minimum Gasteiger partial charge on any atom is -0.292 e.